The predicted molar refractivity (Wildman–Crippen MR) is 454 cm³/mol. The van der Waals surface area contributed by atoms with Crippen LogP contribution in [0.2, 0.25) is 0 Å². The monoisotopic (exact) mass is 1470 g/mol. The average Bonchev–Trinajstić information content (AvgIpc) is 0.915. The van der Waals surface area contributed by atoms with E-state index in [4.69, 9.17) is 18.5 Å². The minimum atomic E-state index is -4.40. The molecule has 2 unspecified atom stereocenters. The Hall–Kier alpha value is -4.11. The van der Waals surface area contributed by atoms with Gasteiger partial charge < -0.3 is 18.9 Å². The quantitative estimate of drug-likeness (QED) is 0.0211. The molecule has 0 heterocycles. The zero-order chi connectivity index (χ0) is 75.4. The van der Waals surface area contributed by atoms with E-state index in [0.717, 1.165) is 109 Å². The van der Waals surface area contributed by atoms with Gasteiger partial charge in [0, 0.05) is 12.8 Å². The van der Waals surface area contributed by atoms with E-state index in [0.29, 0.717) is 17.4 Å². The van der Waals surface area contributed by atoms with Gasteiger partial charge in [-0.15, -0.1) is 0 Å². The first-order valence-corrected chi connectivity index (χ1v) is 45.1. The third-order valence-electron chi connectivity index (χ3n) is 18.9. The summed E-state index contributed by atoms with van der Waals surface area (Å²) in [5.74, 6) is -0.783. The van der Waals surface area contributed by atoms with Gasteiger partial charge in [0.05, 0.1) is 27.7 Å². The van der Waals surface area contributed by atoms with Crippen LogP contribution in [0.3, 0.4) is 0 Å². The highest BCUT2D eigenvalue weighted by molar-refractivity contribution is 7.47. The summed E-state index contributed by atoms with van der Waals surface area (Å²) < 4.78 is 34.9. The van der Waals surface area contributed by atoms with Crippen LogP contribution in [0.15, 0.2) is 146 Å². The van der Waals surface area contributed by atoms with Gasteiger partial charge >= 0.3 is 19.8 Å². The maximum atomic E-state index is 12.9. The maximum Gasteiger partial charge on any atom is 0.472 e. The molecule has 0 aromatic heterocycles. The Labute approximate surface area is 643 Å². The minimum Gasteiger partial charge on any atom is -0.462 e. The van der Waals surface area contributed by atoms with Crippen molar-refractivity contribution in [1.82, 2.24) is 0 Å². The van der Waals surface area contributed by atoms with Crippen LogP contribution in [0, 0.1) is 0 Å². The fourth-order valence-corrected chi connectivity index (χ4v) is 13.1. The van der Waals surface area contributed by atoms with Gasteiger partial charge in [0.1, 0.15) is 19.8 Å². The van der Waals surface area contributed by atoms with E-state index >= 15 is 0 Å². The largest absolute Gasteiger partial charge is 0.472 e. The van der Waals surface area contributed by atoms with Crippen LogP contribution in [0.1, 0.15) is 386 Å². The Morgan fingerprint density at radius 1 is 0.298 bits per heavy atom. The highest BCUT2D eigenvalue weighted by Crippen LogP contribution is 2.43. The lowest BCUT2D eigenvalue weighted by Gasteiger charge is -2.24. The number of unbranched alkanes of at least 4 members (excludes halogenated alkanes) is 42. The molecule has 0 aromatic carbocycles. The highest BCUT2D eigenvalue weighted by atomic mass is 31.2. The molecular weight excluding hydrogens is 1300 g/mol. The van der Waals surface area contributed by atoms with Crippen LogP contribution in [0.5, 0.6) is 0 Å². The van der Waals surface area contributed by atoms with Gasteiger partial charge in [0.15, 0.2) is 6.10 Å². The number of carbonyl (C=O) groups is 2. The van der Waals surface area contributed by atoms with E-state index in [1.54, 1.807) is 0 Å². The molecule has 0 amide bonds. The molecule has 0 saturated heterocycles. The van der Waals surface area contributed by atoms with Gasteiger partial charge in [0.2, 0.25) is 0 Å². The van der Waals surface area contributed by atoms with Crippen molar-refractivity contribution in [2.45, 2.75) is 392 Å². The molecule has 0 aliphatic rings. The van der Waals surface area contributed by atoms with Crippen LogP contribution in [-0.2, 0) is 32.7 Å². The number of quaternary nitrogens is 1. The molecule has 598 valence electrons. The topological polar surface area (TPSA) is 108 Å². The summed E-state index contributed by atoms with van der Waals surface area (Å²) in [4.78, 5) is 36.1. The number of nitrogens with zero attached hydrogens (tertiary/aromatic N) is 1. The van der Waals surface area contributed by atoms with E-state index in [-0.39, 0.29) is 32.0 Å². The average molecular weight is 1470 g/mol. The second-order valence-electron chi connectivity index (χ2n) is 30.2. The number of esters is 2. The summed E-state index contributed by atoms with van der Waals surface area (Å²) in [7, 11) is 1.49. The molecule has 0 aromatic rings. The number of hydrogen-bond acceptors (Lipinski definition) is 7. The van der Waals surface area contributed by atoms with E-state index in [2.05, 4.69) is 160 Å². The van der Waals surface area contributed by atoms with E-state index < -0.39 is 26.5 Å². The molecular formula is C94H165NO8P+. The highest BCUT2D eigenvalue weighted by Gasteiger charge is 2.27. The van der Waals surface area contributed by atoms with Crippen molar-refractivity contribution in [3.63, 3.8) is 0 Å². The summed E-state index contributed by atoms with van der Waals surface area (Å²) in [6.07, 6.45) is 123. The van der Waals surface area contributed by atoms with Crippen molar-refractivity contribution in [3.05, 3.63) is 146 Å². The SMILES string of the molecule is CC/C=C\C/C=C\C/C=C\C/C=C\C/C=C\C/C=C\C/C=C\CCCCCCCCCCCCCCCCCCCC(=O)OC(COC(=O)CCCCCCCCCCCCCCCCCCCCCCCCCCC/C=C\C/C=C\C/C=C\C/C=C\C/C=C\CC)COP(=O)(O)OCC[N+](C)(C)C. The standard InChI is InChI=1S/C94H164NO8P/c1-6-8-10-12-14-16-18-20-22-24-26-28-30-32-34-36-38-40-42-44-46-47-49-50-52-54-56-58-60-62-64-66-68-70-72-74-76-78-80-82-84-86-93(96)100-90-92(91-102-104(98,99)101-89-88-95(3,4)5)103-94(97)87-85-83-81-79-77-75-73-71-69-67-65-63-61-59-57-55-53-51-48-45-43-41-39-37-35-33-31-29-27-25-23-21-19-17-15-13-11-9-7-2/h8-11,14-17,20-23,26-29,32-35,39,41,45,48,92H,6-7,12-13,18-19,24-25,30-31,36-38,40,42-44,46-47,49-91H2,1-5H3/p+1/b10-8-,11-9-,16-14-,17-15-,22-20-,23-21-,28-26-,29-27-,34-32-,35-33-,41-39-,48-45-. The van der Waals surface area contributed by atoms with Crippen LogP contribution >= 0.6 is 7.82 Å². The summed E-state index contributed by atoms with van der Waals surface area (Å²) in [5.41, 5.74) is 0. The Kier molecular flexibility index (Phi) is 79.7. The number of phosphoric ester groups is 1. The van der Waals surface area contributed by atoms with Gasteiger partial charge in [-0.25, -0.2) is 4.57 Å². The Balaban J connectivity index is 3.91. The van der Waals surface area contributed by atoms with Crippen LogP contribution in [-0.4, -0.2) is 74.9 Å². The number of carbonyl (C=O) groups excluding carboxylic acids is 2. The molecule has 1 N–H and O–H groups in total. The number of likely N-dealkylation sites (N-methyl/N-ethyl adjacent to an activating group) is 1. The molecule has 2 atom stereocenters. The normalized spacial score (nSPS) is 13.7. The lowest BCUT2D eigenvalue weighted by atomic mass is 10.0. The van der Waals surface area contributed by atoms with Gasteiger partial charge in [-0.3, -0.25) is 18.6 Å². The second-order valence-corrected chi connectivity index (χ2v) is 31.6. The first kappa shape index (κ1) is 99.9. The number of hydrogen-bond donors (Lipinski definition) is 1. The molecule has 0 aliphatic carbocycles. The Morgan fingerprint density at radius 3 is 0.769 bits per heavy atom. The predicted octanol–water partition coefficient (Wildman–Crippen LogP) is 29.6. The number of rotatable bonds is 80. The Bertz CT molecular complexity index is 2280. The molecule has 0 saturated carbocycles. The van der Waals surface area contributed by atoms with Crippen molar-refractivity contribution in [3.8, 4) is 0 Å². The zero-order valence-electron chi connectivity index (χ0n) is 68.5. The Morgan fingerprint density at radius 2 is 0.519 bits per heavy atom. The molecule has 0 fully saturated rings. The van der Waals surface area contributed by atoms with E-state index in [1.165, 1.54) is 244 Å². The van der Waals surface area contributed by atoms with Crippen LogP contribution < -0.4 is 0 Å². The van der Waals surface area contributed by atoms with E-state index in [1.807, 2.05) is 21.1 Å². The lowest BCUT2D eigenvalue weighted by molar-refractivity contribution is -0.870. The van der Waals surface area contributed by atoms with Crippen LogP contribution in [0.4, 0.5) is 0 Å². The van der Waals surface area contributed by atoms with Crippen molar-refractivity contribution in [2.24, 2.45) is 0 Å². The number of allylic oxidation sites excluding steroid dienone is 24. The van der Waals surface area contributed by atoms with Gasteiger partial charge in [-0.2, -0.15) is 0 Å². The molecule has 0 radical (unpaired) electrons. The third-order valence-corrected chi connectivity index (χ3v) is 19.8. The smallest absolute Gasteiger partial charge is 0.462 e. The second kappa shape index (κ2) is 82.9. The molecule has 104 heavy (non-hydrogen) atoms. The molecule has 0 spiro atoms. The van der Waals surface area contributed by atoms with Gasteiger partial charge in [0.25, 0.3) is 0 Å². The van der Waals surface area contributed by atoms with Crippen molar-refractivity contribution < 1.29 is 42.1 Å². The van der Waals surface area contributed by atoms with Gasteiger partial charge in [-0.05, 0) is 116 Å². The molecule has 0 bridgehead atoms. The summed E-state index contributed by atoms with van der Waals surface area (Å²) in [6.45, 7) is 4.25. The van der Waals surface area contributed by atoms with Crippen molar-refractivity contribution in [2.75, 3.05) is 47.5 Å². The van der Waals surface area contributed by atoms with Gasteiger partial charge in [-0.1, -0.05) is 404 Å². The number of ether oxygens (including phenoxy) is 2. The molecule has 10 heteroatoms. The van der Waals surface area contributed by atoms with Crippen molar-refractivity contribution in [1.29, 1.82) is 0 Å². The molecule has 0 rings (SSSR count). The lowest BCUT2D eigenvalue weighted by Crippen LogP contribution is -2.37. The summed E-state index contributed by atoms with van der Waals surface area (Å²) in [5, 5.41) is 0. The number of phosphoric acid groups is 1. The molecule has 0 aliphatic heterocycles. The van der Waals surface area contributed by atoms with Crippen LogP contribution in [0.25, 0.3) is 0 Å². The summed E-state index contributed by atoms with van der Waals surface area (Å²) in [6, 6.07) is 0. The molecule has 9 nitrogen and oxygen atoms in total. The fraction of sp³-hybridized carbons (Fsp3) is 0.723. The van der Waals surface area contributed by atoms with E-state index in [9.17, 15) is 19.0 Å². The minimum absolute atomic E-state index is 0.0299. The zero-order valence-corrected chi connectivity index (χ0v) is 69.4. The first-order chi connectivity index (χ1) is 51.0. The summed E-state index contributed by atoms with van der Waals surface area (Å²) >= 11 is 0. The third kappa shape index (κ3) is 86.8. The maximum absolute atomic E-state index is 12.9. The first-order valence-electron chi connectivity index (χ1n) is 43.6. The van der Waals surface area contributed by atoms with Crippen molar-refractivity contribution >= 4 is 19.8 Å². The fourth-order valence-electron chi connectivity index (χ4n) is 12.3.